The molecule has 1 aromatic heterocycles. The molecule has 0 saturated heterocycles. The SMILES string of the molecule is CCn1c(CCC(=O)c2ccc(OC)c(OC)c2)nnc1SCC(=O)Cc1ccccc1. The number of aromatic nitrogens is 3. The Kier molecular flexibility index (Phi) is 8.44. The summed E-state index contributed by atoms with van der Waals surface area (Å²) in [6, 6.07) is 14.8. The molecular formula is C24H27N3O4S. The van der Waals surface area contributed by atoms with Crippen LogP contribution in [0.3, 0.4) is 0 Å². The third-order valence-corrected chi connectivity index (χ3v) is 6.02. The van der Waals surface area contributed by atoms with Crippen molar-refractivity contribution < 1.29 is 19.1 Å². The zero-order chi connectivity index (χ0) is 22.9. The molecule has 3 rings (SSSR count). The summed E-state index contributed by atoms with van der Waals surface area (Å²) >= 11 is 1.38. The van der Waals surface area contributed by atoms with Crippen LogP contribution in [-0.4, -0.2) is 46.3 Å². The van der Waals surface area contributed by atoms with Crippen LogP contribution >= 0.6 is 11.8 Å². The predicted molar refractivity (Wildman–Crippen MR) is 124 cm³/mol. The summed E-state index contributed by atoms with van der Waals surface area (Å²) in [6.07, 6.45) is 1.17. The van der Waals surface area contributed by atoms with E-state index in [2.05, 4.69) is 10.2 Å². The molecule has 0 amide bonds. The standard InChI is InChI=1S/C24H27N3O4S/c1-4-27-23(13-11-20(29)18-10-12-21(30-2)22(15-18)31-3)25-26-24(27)32-16-19(28)14-17-8-6-5-7-9-17/h5-10,12,15H,4,11,13-14,16H2,1-3H3. The maximum Gasteiger partial charge on any atom is 0.191 e. The van der Waals surface area contributed by atoms with Crippen LogP contribution < -0.4 is 9.47 Å². The van der Waals surface area contributed by atoms with E-state index in [0.717, 1.165) is 11.4 Å². The summed E-state index contributed by atoms with van der Waals surface area (Å²) in [5, 5.41) is 9.20. The monoisotopic (exact) mass is 453 g/mol. The Hall–Kier alpha value is -3.13. The molecule has 0 spiro atoms. The summed E-state index contributed by atoms with van der Waals surface area (Å²) in [6.45, 7) is 2.67. The number of aryl methyl sites for hydroxylation is 1. The van der Waals surface area contributed by atoms with Crippen molar-refractivity contribution in [2.75, 3.05) is 20.0 Å². The van der Waals surface area contributed by atoms with Gasteiger partial charge in [-0.15, -0.1) is 10.2 Å². The summed E-state index contributed by atoms with van der Waals surface area (Å²) in [5.41, 5.74) is 1.57. The number of rotatable bonds is 12. The highest BCUT2D eigenvalue weighted by Crippen LogP contribution is 2.28. The van der Waals surface area contributed by atoms with E-state index in [4.69, 9.17) is 9.47 Å². The Balaban J connectivity index is 1.58. The Morgan fingerprint density at radius 1 is 1.00 bits per heavy atom. The second-order valence-corrected chi connectivity index (χ2v) is 8.07. The Morgan fingerprint density at radius 2 is 1.75 bits per heavy atom. The molecule has 8 heteroatoms. The topological polar surface area (TPSA) is 83.3 Å². The first kappa shape index (κ1) is 23.5. The molecule has 0 atom stereocenters. The molecule has 7 nitrogen and oxygen atoms in total. The molecule has 0 fully saturated rings. The number of carbonyl (C=O) groups excluding carboxylic acids is 2. The van der Waals surface area contributed by atoms with Crippen LogP contribution in [0, 0.1) is 0 Å². The van der Waals surface area contributed by atoms with E-state index in [0.29, 0.717) is 53.8 Å². The quantitative estimate of drug-likeness (QED) is 0.302. The summed E-state index contributed by atoms with van der Waals surface area (Å²) in [5.74, 6) is 2.30. The van der Waals surface area contributed by atoms with Crippen LogP contribution in [0.1, 0.15) is 35.1 Å². The van der Waals surface area contributed by atoms with Crippen molar-refractivity contribution in [3.05, 3.63) is 65.5 Å². The van der Waals surface area contributed by atoms with Gasteiger partial charge in [0, 0.05) is 31.4 Å². The van der Waals surface area contributed by atoms with Crippen LogP contribution in [0.4, 0.5) is 0 Å². The van der Waals surface area contributed by atoms with E-state index in [-0.39, 0.29) is 11.6 Å². The first-order chi connectivity index (χ1) is 15.5. The number of carbonyl (C=O) groups is 2. The normalized spacial score (nSPS) is 10.7. The Bertz CT molecular complexity index is 1070. The number of ketones is 2. The number of ether oxygens (including phenoxy) is 2. The molecule has 0 saturated carbocycles. The minimum atomic E-state index is -0.0103. The average molecular weight is 454 g/mol. The van der Waals surface area contributed by atoms with Crippen molar-refractivity contribution in [2.45, 2.75) is 37.9 Å². The van der Waals surface area contributed by atoms with Gasteiger partial charge in [0.25, 0.3) is 0 Å². The fourth-order valence-corrected chi connectivity index (χ4v) is 4.21. The smallest absolute Gasteiger partial charge is 0.191 e. The molecule has 0 radical (unpaired) electrons. The van der Waals surface area contributed by atoms with E-state index in [1.54, 1.807) is 32.4 Å². The molecule has 0 aliphatic carbocycles. The predicted octanol–water partition coefficient (Wildman–Crippen LogP) is 4.03. The van der Waals surface area contributed by atoms with Gasteiger partial charge in [-0.25, -0.2) is 0 Å². The number of benzene rings is 2. The highest BCUT2D eigenvalue weighted by Gasteiger charge is 2.16. The maximum atomic E-state index is 12.7. The number of nitrogens with zero attached hydrogens (tertiary/aromatic N) is 3. The minimum absolute atomic E-state index is 0.0103. The van der Waals surface area contributed by atoms with E-state index < -0.39 is 0 Å². The van der Waals surface area contributed by atoms with Gasteiger partial charge in [-0.05, 0) is 30.7 Å². The largest absolute Gasteiger partial charge is 0.493 e. The van der Waals surface area contributed by atoms with Crippen molar-refractivity contribution in [3.8, 4) is 11.5 Å². The van der Waals surface area contributed by atoms with Crippen molar-refractivity contribution in [3.63, 3.8) is 0 Å². The first-order valence-corrected chi connectivity index (χ1v) is 11.4. The van der Waals surface area contributed by atoms with Gasteiger partial charge in [-0.3, -0.25) is 9.59 Å². The third-order valence-electron chi connectivity index (χ3n) is 5.00. The molecule has 168 valence electrons. The molecule has 0 aliphatic heterocycles. The highest BCUT2D eigenvalue weighted by atomic mass is 32.2. The third kappa shape index (κ3) is 5.97. The van der Waals surface area contributed by atoms with Gasteiger partial charge < -0.3 is 14.0 Å². The number of hydrogen-bond acceptors (Lipinski definition) is 7. The zero-order valence-electron chi connectivity index (χ0n) is 18.5. The lowest BCUT2D eigenvalue weighted by atomic mass is 10.1. The Morgan fingerprint density at radius 3 is 2.44 bits per heavy atom. The second kappa shape index (κ2) is 11.5. The average Bonchev–Trinajstić information content (AvgIpc) is 3.23. The molecule has 1 heterocycles. The Labute approximate surface area is 192 Å². The number of hydrogen-bond donors (Lipinski definition) is 0. The van der Waals surface area contributed by atoms with Gasteiger partial charge in [-0.2, -0.15) is 0 Å². The van der Waals surface area contributed by atoms with Crippen molar-refractivity contribution in [1.29, 1.82) is 0 Å². The summed E-state index contributed by atoms with van der Waals surface area (Å²) < 4.78 is 12.5. The maximum absolute atomic E-state index is 12.7. The lowest BCUT2D eigenvalue weighted by Gasteiger charge is -2.09. The van der Waals surface area contributed by atoms with Gasteiger partial charge in [0.15, 0.2) is 22.4 Å². The van der Waals surface area contributed by atoms with Crippen LogP contribution in [0.25, 0.3) is 0 Å². The van der Waals surface area contributed by atoms with Crippen molar-refractivity contribution in [2.24, 2.45) is 0 Å². The molecule has 32 heavy (non-hydrogen) atoms. The summed E-state index contributed by atoms with van der Waals surface area (Å²) in [4.78, 5) is 25.0. The van der Waals surface area contributed by atoms with Crippen molar-refractivity contribution >= 4 is 23.3 Å². The fraction of sp³-hybridized carbons (Fsp3) is 0.333. The lowest BCUT2D eigenvalue weighted by molar-refractivity contribution is -0.116. The molecule has 0 bridgehead atoms. The molecule has 0 aliphatic rings. The molecule has 0 unspecified atom stereocenters. The molecule has 3 aromatic rings. The van der Waals surface area contributed by atoms with Gasteiger partial charge in [-0.1, -0.05) is 42.1 Å². The fourth-order valence-electron chi connectivity index (χ4n) is 3.33. The van der Waals surface area contributed by atoms with Crippen LogP contribution in [0.2, 0.25) is 0 Å². The molecule has 2 aromatic carbocycles. The van der Waals surface area contributed by atoms with Crippen LogP contribution in [0.5, 0.6) is 11.5 Å². The lowest BCUT2D eigenvalue weighted by Crippen LogP contribution is -2.09. The van der Waals surface area contributed by atoms with Gasteiger partial charge >= 0.3 is 0 Å². The van der Waals surface area contributed by atoms with E-state index in [1.807, 2.05) is 41.8 Å². The van der Waals surface area contributed by atoms with E-state index in [1.165, 1.54) is 11.8 Å². The molecular weight excluding hydrogens is 426 g/mol. The number of thioether (sulfide) groups is 1. The second-order valence-electron chi connectivity index (χ2n) is 7.13. The van der Waals surface area contributed by atoms with Gasteiger partial charge in [0.1, 0.15) is 11.6 Å². The number of Topliss-reactive ketones (excluding diaryl/α,β-unsaturated/α-hetero) is 2. The van der Waals surface area contributed by atoms with E-state index >= 15 is 0 Å². The summed E-state index contributed by atoms with van der Waals surface area (Å²) in [7, 11) is 3.10. The van der Waals surface area contributed by atoms with Crippen molar-refractivity contribution in [1.82, 2.24) is 14.8 Å². The first-order valence-electron chi connectivity index (χ1n) is 10.4. The molecule has 0 N–H and O–H groups in total. The highest BCUT2D eigenvalue weighted by molar-refractivity contribution is 7.99. The van der Waals surface area contributed by atoms with Gasteiger partial charge in [0.05, 0.1) is 20.0 Å². The van der Waals surface area contributed by atoms with Crippen LogP contribution in [0.15, 0.2) is 53.7 Å². The number of methoxy groups -OCH3 is 2. The zero-order valence-corrected chi connectivity index (χ0v) is 19.4. The minimum Gasteiger partial charge on any atom is -0.493 e. The van der Waals surface area contributed by atoms with Crippen LogP contribution in [-0.2, 0) is 24.2 Å². The van der Waals surface area contributed by atoms with E-state index in [9.17, 15) is 9.59 Å². The van der Waals surface area contributed by atoms with Gasteiger partial charge in [0.2, 0.25) is 0 Å².